The van der Waals surface area contributed by atoms with Crippen LogP contribution in [0.2, 0.25) is 0 Å². The highest BCUT2D eigenvalue weighted by atomic mass is 32.2. The lowest BCUT2D eigenvalue weighted by Crippen LogP contribution is -2.52. The summed E-state index contributed by atoms with van der Waals surface area (Å²) in [7, 11) is -3.55. The van der Waals surface area contributed by atoms with Gasteiger partial charge in [-0.15, -0.1) is 0 Å². The van der Waals surface area contributed by atoms with Crippen LogP contribution in [0.3, 0.4) is 0 Å². The van der Waals surface area contributed by atoms with E-state index in [9.17, 15) is 18.0 Å². The number of rotatable bonds is 15. The molecule has 1 N–H and O–H groups in total. The summed E-state index contributed by atoms with van der Waals surface area (Å²) in [6, 6.07) is 24.4. The van der Waals surface area contributed by atoms with Crippen LogP contribution in [-0.4, -0.2) is 50.0 Å². The molecule has 0 radical (unpaired) electrons. The van der Waals surface area contributed by atoms with Gasteiger partial charge in [-0.1, -0.05) is 86.1 Å². The molecule has 226 valence electrons. The third kappa shape index (κ3) is 9.72. The molecule has 0 unspecified atom stereocenters. The van der Waals surface area contributed by atoms with E-state index in [1.54, 1.807) is 17.0 Å². The van der Waals surface area contributed by atoms with E-state index in [2.05, 4.69) is 5.32 Å². The Labute approximate surface area is 252 Å². The summed E-state index contributed by atoms with van der Waals surface area (Å²) < 4.78 is 26.7. The third-order valence-electron chi connectivity index (χ3n) is 7.49. The topological polar surface area (TPSA) is 86.8 Å². The van der Waals surface area contributed by atoms with Crippen LogP contribution in [0.25, 0.3) is 0 Å². The van der Waals surface area contributed by atoms with E-state index in [0.717, 1.165) is 35.1 Å². The van der Waals surface area contributed by atoms with Gasteiger partial charge in [-0.3, -0.25) is 13.9 Å². The predicted octanol–water partition coefficient (Wildman–Crippen LogP) is 5.66. The predicted molar refractivity (Wildman–Crippen MR) is 171 cm³/mol. The molecule has 8 heteroatoms. The van der Waals surface area contributed by atoms with Gasteiger partial charge >= 0.3 is 0 Å². The molecule has 3 rings (SSSR count). The van der Waals surface area contributed by atoms with E-state index in [1.807, 2.05) is 94.4 Å². The summed E-state index contributed by atoms with van der Waals surface area (Å²) in [6.07, 6.45) is 3.61. The Bertz CT molecular complexity index is 1410. The van der Waals surface area contributed by atoms with Crippen molar-refractivity contribution in [3.63, 3.8) is 0 Å². The molecule has 0 aliphatic heterocycles. The number of carbonyl (C=O) groups is 2. The zero-order valence-electron chi connectivity index (χ0n) is 25.5. The molecule has 7 nitrogen and oxygen atoms in total. The quantitative estimate of drug-likeness (QED) is 0.247. The van der Waals surface area contributed by atoms with Gasteiger partial charge in [0.2, 0.25) is 21.8 Å². The second-order valence-corrected chi connectivity index (χ2v) is 12.9. The molecule has 0 saturated carbocycles. The molecule has 2 amide bonds. The first kappa shape index (κ1) is 32.9. The Morgan fingerprint density at radius 1 is 0.881 bits per heavy atom. The van der Waals surface area contributed by atoms with Gasteiger partial charge in [-0.05, 0) is 61.9 Å². The highest BCUT2D eigenvalue weighted by Crippen LogP contribution is 2.21. The van der Waals surface area contributed by atoms with Gasteiger partial charge in [0, 0.05) is 32.0 Å². The van der Waals surface area contributed by atoms with Crippen molar-refractivity contribution in [2.45, 2.75) is 78.4 Å². The summed E-state index contributed by atoms with van der Waals surface area (Å²) >= 11 is 0. The van der Waals surface area contributed by atoms with Crippen LogP contribution in [0, 0.1) is 6.92 Å². The zero-order valence-corrected chi connectivity index (χ0v) is 26.4. The fourth-order valence-corrected chi connectivity index (χ4v) is 5.87. The van der Waals surface area contributed by atoms with Crippen molar-refractivity contribution < 1.29 is 18.0 Å². The number of nitrogens with one attached hydrogen (secondary N) is 1. The van der Waals surface area contributed by atoms with Crippen molar-refractivity contribution in [3.8, 4) is 0 Å². The Morgan fingerprint density at radius 2 is 1.55 bits per heavy atom. The van der Waals surface area contributed by atoms with Crippen molar-refractivity contribution in [2.75, 3.05) is 17.1 Å². The van der Waals surface area contributed by atoms with Gasteiger partial charge in [-0.2, -0.15) is 0 Å². The van der Waals surface area contributed by atoms with E-state index in [-0.39, 0.29) is 37.4 Å². The number of nitrogens with zero attached hydrogens (tertiary/aromatic N) is 2. The number of hydrogen-bond acceptors (Lipinski definition) is 4. The minimum atomic E-state index is -3.55. The molecule has 0 heterocycles. The second kappa shape index (κ2) is 15.5. The number of sulfonamides is 1. The standard InChI is InChI=1S/C34H45N3O4S/c1-6-27(4)35-34(39)32(24-29-14-9-8-10-15-29)36(25-30-16-11-13-26(3)23-30)33(38)17-12-22-37(42(5,40)41)31-20-18-28(7-2)19-21-31/h8-11,13-16,18-21,23,27,32H,6-7,12,17,22,24-25H2,1-5H3,(H,35,39)/t27-,32-/m1/s1. The van der Waals surface area contributed by atoms with Gasteiger partial charge < -0.3 is 10.2 Å². The third-order valence-corrected chi connectivity index (χ3v) is 8.69. The van der Waals surface area contributed by atoms with Crippen LogP contribution in [-0.2, 0) is 39.0 Å². The first-order valence-corrected chi connectivity index (χ1v) is 16.6. The SMILES string of the molecule is CCc1ccc(N(CCCC(=O)N(Cc2cccc(C)c2)[C@H](Cc2ccccc2)C(=O)N[C@H](C)CC)S(C)(=O)=O)cc1. The van der Waals surface area contributed by atoms with Crippen LogP contribution in [0.5, 0.6) is 0 Å². The van der Waals surface area contributed by atoms with Crippen LogP contribution < -0.4 is 9.62 Å². The number of anilines is 1. The van der Waals surface area contributed by atoms with Gasteiger partial charge in [0.1, 0.15) is 6.04 Å². The van der Waals surface area contributed by atoms with Crippen LogP contribution >= 0.6 is 0 Å². The summed E-state index contributed by atoms with van der Waals surface area (Å²) in [6.45, 7) is 8.45. The lowest BCUT2D eigenvalue weighted by Gasteiger charge is -2.33. The highest BCUT2D eigenvalue weighted by Gasteiger charge is 2.31. The largest absolute Gasteiger partial charge is 0.352 e. The molecule has 2 atom stereocenters. The highest BCUT2D eigenvalue weighted by molar-refractivity contribution is 7.92. The normalized spacial score (nSPS) is 12.8. The molecular formula is C34H45N3O4S. The van der Waals surface area contributed by atoms with E-state index >= 15 is 0 Å². The molecule has 0 aliphatic carbocycles. The number of amides is 2. The van der Waals surface area contributed by atoms with Crippen molar-refractivity contribution in [1.29, 1.82) is 0 Å². The zero-order chi connectivity index (χ0) is 30.7. The Hall–Kier alpha value is -3.65. The van der Waals surface area contributed by atoms with Crippen molar-refractivity contribution in [2.24, 2.45) is 0 Å². The van der Waals surface area contributed by atoms with Gasteiger partial charge in [0.15, 0.2) is 0 Å². The fraction of sp³-hybridized carbons (Fsp3) is 0.412. The average Bonchev–Trinajstić information content (AvgIpc) is 2.97. The Balaban J connectivity index is 1.88. The minimum absolute atomic E-state index is 0.0332. The molecule has 3 aromatic rings. The smallest absolute Gasteiger partial charge is 0.243 e. The summed E-state index contributed by atoms with van der Waals surface area (Å²) in [4.78, 5) is 29.3. The Morgan fingerprint density at radius 3 is 2.14 bits per heavy atom. The maximum Gasteiger partial charge on any atom is 0.243 e. The fourth-order valence-electron chi connectivity index (χ4n) is 4.90. The Kier molecular flexibility index (Phi) is 12.2. The lowest BCUT2D eigenvalue weighted by molar-refractivity contribution is -0.141. The number of benzene rings is 3. The molecule has 0 saturated heterocycles. The first-order valence-electron chi connectivity index (χ1n) is 14.8. The van der Waals surface area contributed by atoms with Gasteiger partial charge in [0.05, 0.1) is 11.9 Å². The monoisotopic (exact) mass is 591 g/mol. The van der Waals surface area contributed by atoms with Crippen molar-refractivity contribution in [3.05, 3.63) is 101 Å². The van der Waals surface area contributed by atoms with Crippen molar-refractivity contribution >= 4 is 27.5 Å². The average molecular weight is 592 g/mol. The van der Waals surface area contributed by atoms with E-state index in [4.69, 9.17) is 0 Å². The number of aryl methyl sites for hydroxylation is 2. The maximum atomic E-state index is 14.0. The van der Waals surface area contributed by atoms with Crippen LogP contribution in [0.15, 0.2) is 78.9 Å². The summed E-state index contributed by atoms with van der Waals surface area (Å²) in [5, 5.41) is 3.09. The van der Waals surface area contributed by atoms with Gasteiger partial charge in [-0.25, -0.2) is 8.42 Å². The molecule has 0 spiro atoms. The molecule has 0 aromatic heterocycles. The number of hydrogen-bond donors (Lipinski definition) is 1. The first-order chi connectivity index (χ1) is 20.0. The van der Waals surface area contributed by atoms with Gasteiger partial charge in [0.25, 0.3) is 0 Å². The summed E-state index contributed by atoms with van der Waals surface area (Å²) in [5.74, 6) is -0.380. The molecule has 42 heavy (non-hydrogen) atoms. The molecule has 0 fully saturated rings. The maximum absolute atomic E-state index is 14.0. The number of carbonyl (C=O) groups excluding carboxylic acids is 2. The molecule has 0 bridgehead atoms. The van der Waals surface area contributed by atoms with E-state index < -0.39 is 16.1 Å². The minimum Gasteiger partial charge on any atom is -0.352 e. The van der Waals surface area contributed by atoms with Crippen molar-refractivity contribution in [1.82, 2.24) is 10.2 Å². The van der Waals surface area contributed by atoms with E-state index in [0.29, 0.717) is 18.5 Å². The molecular weight excluding hydrogens is 546 g/mol. The van der Waals surface area contributed by atoms with Crippen LogP contribution in [0.1, 0.15) is 62.3 Å². The second-order valence-electron chi connectivity index (χ2n) is 11.0. The summed E-state index contributed by atoms with van der Waals surface area (Å²) in [5.41, 5.74) is 4.67. The molecule has 3 aromatic carbocycles. The van der Waals surface area contributed by atoms with Crippen LogP contribution in [0.4, 0.5) is 5.69 Å². The lowest BCUT2D eigenvalue weighted by atomic mass is 10.0. The van der Waals surface area contributed by atoms with E-state index in [1.165, 1.54) is 10.6 Å². The molecule has 0 aliphatic rings.